The lowest BCUT2D eigenvalue weighted by atomic mass is 10.1. The number of ether oxygens (including phenoxy) is 1. The Labute approximate surface area is 114 Å². The van der Waals surface area contributed by atoms with Crippen LogP contribution in [-0.4, -0.2) is 25.0 Å². The van der Waals surface area contributed by atoms with Crippen molar-refractivity contribution in [3.63, 3.8) is 0 Å². The maximum Gasteiger partial charge on any atom is 0.307 e. The molecule has 1 rings (SSSR count). The summed E-state index contributed by atoms with van der Waals surface area (Å²) in [7, 11) is 0. The number of carbonyl (C=O) groups excluding carboxylic acids is 2. The zero-order valence-electron chi connectivity index (χ0n) is 10.0. The predicted molar refractivity (Wildman–Crippen MR) is 72.1 cm³/mol. The number of carbonyl (C=O) groups is 2. The van der Waals surface area contributed by atoms with E-state index >= 15 is 0 Å². The van der Waals surface area contributed by atoms with Crippen molar-refractivity contribution in [2.45, 2.75) is 13.3 Å². The van der Waals surface area contributed by atoms with Crippen LogP contribution in [0.4, 0.5) is 5.69 Å². The first-order valence-electron chi connectivity index (χ1n) is 5.53. The molecule has 0 bridgehead atoms. The second-order valence-corrected chi connectivity index (χ2v) is 4.46. The van der Waals surface area contributed by atoms with Crippen molar-refractivity contribution in [3.05, 3.63) is 28.2 Å². The van der Waals surface area contributed by atoms with Crippen molar-refractivity contribution in [1.29, 1.82) is 0 Å². The Kier molecular flexibility index (Phi) is 5.64. The van der Waals surface area contributed by atoms with Gasteiger partial charge in [-0.2, -0.15) is 0 Å². The van der Waals surface area contributed by atoms with Gasteiger partial charge in [0, 0.05) is 16.7 Å². The minimum Gasteiger partial charge on any atom is -0.466 e. The maximum atomic E-state index is 11.8. The second kappa shape index (κ2) is 7.00. The summed E-state index contributed by atoms with van der Waals surface area (Å²) in [6.45, 7) is 2.30. The molecule has 5 nitrogen and oxygen atoms in total. The Morgan fingerprint density at radius 1 is 1.44 bits per heavy atom. The Morgan fingerprint density at radius 2 is 2.17 bits per heavy atom. The minimum atomic E-state index is -0.332. The maximum absolute atomic E-state index is 11.8. The van der Waals surface area contributed by atoms with E-state index in [1.54, 1.807) is 25.1 Å². The van der Waals surface area contributed by atoms with E-state index in [1.807, 2.05) is 0 Å². The first-order valence-corrected chi connectivity index (χ1v) is 6.32. The lowest BCUT2D eigenvalue weighted by Gasteiger charge is -2.07. The molecule has 0 saturated carbocycles. The molecule has 1 amide bonds. The fourth-order valence-electron chi connectivity index (χ4n) is 1.35. The standard InChI is InChI=1S/C12H15BrN2O3/c1-2-18-11(16)5-6-15-12(17)9-4-3-8(13)7-10(9)14/h3-4,7H,2,5-6,14H2,1H3,(H,15,17). The summed E-state index contributed by atoms with van der Waals surface area (Å²) in [6.07, 6.45) is 0.149. The number of esters is 1. The molecule has 0 aromatic heterocycles. The van der Waals surface area contributed by atoms with Gasteiger partial charge in [-0.25, -0.2) is 0 Å². The van der Waals surface area contributed by atoms with E-state index in [0.717, 1.165) is 4.47 Å². The number of nitrogens with two attached hydrogens (primary N) is 1. The molecule has 0 heterocycles. The number of halogens is 1. The van der Waals surface area contributed by atoms with Gasteiger partial charge in [-0.3, -0.25) is 9.59 Å². The Hall–Kier alpha value is -1.56. The van der Waals surface area contributed by atoms with Crippen molar-refractivity contribution in [2.24, 2.45) is 0 Å². The fourth-order valence-corrected chi connectivity index (χ4v) is 1.73. The molecular formula is C12H15BrN2O3. The molecule has 0 fully saturated rings. The average Bonchev–Trinajstić information content (AvgIpc) is 2.29. The molecule has 0 aliphatic rings. The molecule has 0 spiro atoms. The van der Waals surface area contributed by atoms with Crippen LogP contribution in [0, 0.1) is 0 Å². The first kappa shape index (κ1) is 14.5. The van der Waals surface area contributed by atoms with Crippen LogP contribution in [-0.2, 0) is 9.53 Å². The second-order valence-electron chi connectivity index (χ2n) is 3.54. The Bertz CT molecular complexity index is 449. The first-order chi connectivity index (χ1) is 8.54. The van der Waals surface area contributed by atoms with Crippen LogP contribution in [0.5, 0.6) is 0 Å². The quantitative estimate of drug-likeness (QED) is 0.640. The molecule has 6 heteroatoms. The van der Waals surface area contributed by atoms with Crippen molar-refractivity contribution in [2.75, 3.05) is 18.9 Å². The summed E-state index contributed by atoms with van der Waals surface area (Å²) in [6, 6.07) is 5.01. The number of hydrogen-bond donors (Lipinski definition) is 2. The highest BCUT2D eigenvalue weighted by Crippen LogP contribution is 2.18. The normalized spacial score (nSPS) is 9.89. The average molecular weight is 315 g/mol. The molecule has 1 aromatic rings. The van der Waals surface area contributed by atoms with Crippen molar-refractivity contribution in [3.8, 4) is 0 Å². The number of anilines is 1. The van der Waals surface area contributed by atoms with Gasteiger partial charge in [-0.15, -0.1) is 0 Å². The van der Waals surface area contributed by atoms with Crippen LogP contribution in [0.25, 0.3) is 0 Å². The Morgan fingerprint density at radius 3 is 2.78 bits per heavy atom. The Balaban J connectivity index is 2.48. The molecule has 1 aromatic carbocycles. The van der Waals surface area contributed by atoms with E-state index in [4.69, 9.17) is 10.5 Å². The number of rotatable bonds is 5. The van der Waals surface area contributed by atoms with Gasteiger partial charge in [0.2, 0.25) is 0 Å². The molecule has 98 valence electrons. The lowest BCUT2D eigenvalue weighted by molar-refractivity contribution is -0.142. The van der Waals surface area contributed by atoms with Gasteiger partial charge >= 0.3 is 5.97 Å². The SMILES string of the molecule is CCOC(=O)CCNC(=O)c1ccc(Br)cc1N. The predicted octanol–water partition coefficient (Wildman–Crippen LogP) is 1.71. The van der Waals surface area contributed by atoms with E-state index < -0.39 is 0 Å². The number of hydrogen-bond acceptors (Lipinski definition) is 4. The van der Waals surface area contributed by atoms with Gasteiger partial charge < -0.3 is 15.8 Å². The van der Waals surface area contributed by atoms with Crippen LogP contribution >= 0.6 is 15.9 Å². The van der Waals surface area contributed by atoms with Gasteiger partial charge in [0.05, 0.1) is 18.6 Å². The summed E-state index contributed by atoms with van der Waals surface area (Å²) in [4.78, 5) is 22.8. The van der Waals surface area contributed by atoms with Crippen LogP contribution in [0.15, 0.2) is 22.7 Å². The lowest BCUT2D eigenvalue weighted by Crippen LogP contribution is -2.27. The largest absolute Gasteiger partial charge is 0.466 e. The summed E-state index contributed by atoms with van der Waals surface area (Å²) >= 11 is 3.26. The molecule has 0 atom stereocenters. The van der Waals surface area contributed by atoms with E-state index in [1.165, 1.54) is 0 Å². The number of amides is 1. The highest BCUT2D eigenvalue weighted by Gasteiger charge is 2.10. The van der Waals surface area contributed by atoms with E-state index in [0.29, 0.717) is 17.9 Å². The van der Waals surface area contributed by atoms with E-state index in [2.05, 4.69) is 21.2 Å². The van der Waals surface area contributed by atoms with Crippen LogP contribution in [0.1, 0.15) is 23.7 Å². The molecule has 0 aliphatic carbocycles. The van der Waals surface area contributed by atoms with E-state index in [9.17, 15) is 9.59 Å². The third kappa shape index (κ3) is 4.37. The molecule has 0 saturated heterocycles. The van der Waals surface area contributed by atoms with Crippen molar-refractivity contribution in [1.82, 2.24) is 5.32 Å². The van der Waals surface area contributed by atoms with Crippen LogP contribution in [0.3, 0.4) is 0 Å². The molecule has 18 heavy (non-hydrogen) atoms. The van der Waals surface area contributed by atoms with Crippen molar-refractivity contribution < 1.29 is 14.3 Å². The minimum absolute atomic E-state index is 0.149. The highest BCUT2D eigenvalue weighted by atomic mass is 79.9. The fraction of sp³-hybridized carbons (Fsp3) is 0.333. The van der Waals surface area contributed by atoms with Gasteiger partial charge in [0.1, 0.15) is 0 Å². The van der Waals surface area contributed by atoms with Gasteiger partial charge in [0.15, 0.2) is 0 Å². The summed E-state index contributed by atoms with van der Waals surface area (Å²) in [5.74, 6) is -0.633. The summed E-state index contributed by atoms with van der Waals surface area (Å²) in [5.41, 5.74) is 6.50. The topological polar surface area (TPSA) is 81.4 Å². The molecule has 0 aliphatic heterocycles. The number of nitrogen functional groups attached to an aromatic ring is 1. The third-order valence-corrected chi connectivity index (χ3v) is 2.67. The number of nitrogens with one attached hydrogen (secondary N) is 1. The van der Waals surface area contributed by atoms with Crippen LogP contribution in [0.2, 0.25) is 0 Å². The third-order valence-electron chi connectivity index (χ3n) is 2.18. The monoisotopic (exact) mass is 314 g/mol. The smallest absolute Gasteiger partial charge is 0.307 e. The number of benzene rings is 1. The zero-order chi connectivity index (χ0) is 13.5. The molecule has 0 unspecified atom stereocenters. The molecular weight excluding hydrogens is 300 g/mol. The summed E-state index contributed by atoms with van der Waals surface area (Å²) in [5, 5.41) is 2.61. The van der Waals surface area contributed by atoms with Gasteiger partial charge in [-0.1, -0.05) is 15.9 Å². The summed E-state index contributed by atoms with van der Waals surface area (Å²) < 4.78 is 5.56. The highest BCUT2D eigenvalue weighted by molar-refractivity contribution is 9.10. The molecule has 0 radical (unpaired) electrons. The van der Waals surface area contributed by atoms with Crippen LogP contribution < -0.4 is 11.1 Å². The van der Waals surface area contributed by atoms with Gasteiger partial charge in [-0.05, 0) is 25.1 Å². The van der Waals surface area contributed by atoms with Crippen molar-refractivity contribution >= 4 is 33.5 Å². The van der Waals surface area contributed by atoms with E-state index in [-0.39, 0.29) is 24.8 Å². The zero-order valence-corrected chi connectivity index (χ0v) is 11.6. The van der Waals surface area contributed by atoms with Gasteiger partial charge in [0.25, 0.3) is 5.91 Å². The molecule has 3 N–H and O–H groups in total.